The summed E-state index contributed by atoms with van der Waals surface area (Å²) in [4.78, 5) is 0. The number of allylic oxidation sites excluding steroid dienone is 4. The highest BCUT2D eigenvalue weighted by Crippen LogP contribution is 2.25. The van der Waals surface area contributed by atoms with Gasteiger partial charge in [-0.15, -0.1) is 0 Å². The Bertz CT molecular complexity index is 386. The maximum Gasteiger partial charge on any atom is -0.0173 e. The van der Waals surface area contributed by atoms with Crippen LogP contribution in [0.15, 0.2) is 48.1 Å². The lowest BCUT2D eigenvalue weighted by atomic mass is 9.87. The summed E-state index contributed by atoms with van der Waals surface area (Å²) in [6, 6.07) is 10.5. The molecule has 86 valence electrons. The molecule has 0 unspecified atom stereocenters. The third kappa shape index (κ3) is 3.69. The molecule has 0 spiro atoms. The van der Waals surface area contributed by atoms with E-state index in [1.807, 2.05) is 6.07 Å². The summed E-state index contributed by atoms with van der Waals surface area (Å²) in [5, 5.41) is 0. The van der Waals surface area contributed by atoms with E-state index in [9.17, 15) is 0 Å². The molecule has 1 aromatic carbocycles. The first-order valence-electron chi connectivity index (χ1n) is 5.82. The van der Waals surface area contributed by atoms with Crippen molar-refractivity contribution < 1.29 is 0 Å². The van der Waals surface area contributed by atoms with E-state index >= 15 is 0 Å². The van der Waals surface area contributed by atoms with Gasteiger partial charge in [0.05, 0.1) is 0 Å². The SMILES string of the molecule is C/C(=C/C=C(/C)C(C)(C)C)c1ccccc1. The monoisotopic (exact) mass is 214 g/mol. The maximum atomic E-state index is 2.24. The van der Waals surface area contributed by atoms with Crippen LogP contribution < -0.4 is 0 Å². The van der Waals surface area contributed by atoms with Crippen molar-refractivity contribution in [1.29, 1.82) is 0 Å². The number of rotatable bonds is 2. The molecule has 0 fully saturated rings. The Hall–Kier alpha value is -1.30. The zero-order valence-electron chi connectivity index (χ0n) is 11.0. The topological polar surface area (TPSA) is 0 Å². The molecule has 0 atom stereocenters. The molecule has 0 heteroatoms. The van der Waals surface area contributed by atoms with Crippen molar-refractivity contribution in [3.8, 4) is 0 Å². The molecule has 0 aromatic heterocycles. The van der Waals surface area contributed by atoms with Crippen molar-refractivity contribution in [2.45, 2.75) is 34.6 Å². The fraction of sp³-hybridized carbons (Fsp3) is 0.375. The van der Waals surface area contributed by atoms with Crippen LogP contribution >= 0.6 is 0 Å². The van der Waals surface area contributed by atoms with Crippen LogP contribution in [0.3, 0.4) is 0 Å². The Morgan fingerprint density at radius 1 is 0.938 bits per heavy atom. The molecule has 0 saturated carbocycles. The van der Waals surface area contributed by atoms with Crippen LogP contribution in [0.5, 0.6) is 0 Å². The quantitative estimate of drug-likeness (QED) is 0.602. The van der Waals surface area contributed by atoms with Crippen molar-refractivity contribution in [1.82, 2.24) is 0 Å². The van der Waals surface area contributed by atoms with Crippen LogP contribution in [-0.4, -0.2) is 0 Å². The van der Waals surface area contributed by atoms with Gasteiger partial charge in [0.15, 0.2) is 0 Å². The summed E-state index contributed by atoms with van der Waals surface area (Å²) < 4.78 is 0. The number of benzene rings is 1. The average Bonchev–Trinajstić information content (AvgIpc) is 2.25. The highest BCUT2D eigenvalue weighted by Gasteiger charge is 2.11. The molecule has 0 radical (unpaired) electrons. The largest absolute Gasteiger partial charge is 0.0679 e. The summed E-state index contributed by atoms with van der Waals surface area (Å²) in [6.07, 6.45) is 4.43. The van der Waals surface area contributed by atoms with Crippen LogP contribution in [0.25, 0.3) is 5.57 Å². The summed E-state index contributed by atoms with van der Waals surface area (Å²) in [6.45, 7) is 11.1. The van der Waals surface area contributed by atoms with Gasteiger partial charge in [-0.25, -0.2) is 0 Å². The van der Waals surface area contributed by atoms with Gasteiger partial charge in [0.1, 0.15) is 0 Å². The van der Waals surface area contributed by atoms with Crippen molar-refractivity contribution >= 4 is 5.57 Å². The van der Waals surface area contributed by atoms with E-state index in [0.29, 0.717) is 0 Å². The van der Waals surface area contributed by atoms with Gasteiger partial charge in [0.25, 0.3) is 0 Å². The molecule has 0 nitrogen and oxygen atoms in total. The highest BCUT2D eigenvalue weighted by atomic mass is 14.2. The van der Waals surface area contributed by atoms with E-state index in [2.05, 4.69) is 71.0 Å². The van der Waals surface area contributed by atoms with Gasteiger partial charge < -0.3 is 0 Å². The zero-order valence-corrected chi connectivity index (χ0v) is 11.0. The molecular weight excluding hydrogens is 192 g/mol. The predicted octanol–water partition coefficient (Wildman–Crippen LogP) is 5.08. The summed E-state index contributed by atoms with van der Waals surface area (Å²) in [7, 11) is 0. The van der Waals surface area contributed by atoms with Crippen LogP contribution in [-0.2, 0) is 0 Å². The van der Waals surface area contributed by atoms with Gasteiger partial charge >= 0.3 is 0 Å². The van der Waals surface area contributed by atoms with Gasteiger partial charge in [-0.3, -0.25) is 0 Å². The lowest BCUT2D eigenvalue weighted by molar-refractivity contribution is 0.504. The fourth-order valence-electron chi connectivity index (χ4n) is 1.30. The smallest absolute Gasteiger partial charge is 0.0173 e. The molecule has 16 heavy (non-hydrogen) atoms. The van der Waals surface area contributed by atoms with Gasteiger partial charge in [0.2, 0.25) is 0 Å². The average molecular weight is 214 g/mol. The molecule has 0 aliphatic carbocycles. The van der Waals surface area contributed by atoms with Gasteiger partial charge in [-0.05, 0) is 30.4 Å². The number of hydrogen-bond acceptors (Lipinski definition) is 0. The van der Waals surface area contributed by atoms with E-state index in [-0.39, 0.29) is 5.41 Å². The standard InChI is InChI=1S/C16H22/c1-13(15-9-7-6-8-10-15)11-12-14(2)16(3,4)5/h6-12H,1-5H3/b13-11-,14-12-. The molecule has 0 aliphatic rings. The van der Waals surface area contributed by atoms with E-state index in [1.54, 1.807) is 0 Å². The molecule has 0 aliphatic heterocycles. The van der Waals surface area contributed by atoms with Gasteiger partial charge in [-0.1, -0.05) is 68.8 Å². The lowest BCUT2D eigenvalue weighted by Gasteiger charge is -2.18. The minimum Gasteiger partial charge on any atom is -0.0679 e. The predicted molar refractivity (Wildman–Crippen MR) is 73.3 cm³/mol. The van der Waals surface area contributed by atoms with Crippen LogP contribution in [0.4, 0.5) is 0 Å². The Labute approximate surface area is 99.7 Å². The van der Waals surface area contributed by atoms with Crippen molar-refractivity contribution in [3.63, 3.8) is 0 Å². The first kappa shape index (κ1) is 12.8. The Morgan fingerprint density at radius 3 is 2.00 bits per heavy atom. The zero-order chi connectivity index (χ0) is 12.2. The molecular formula is C16H22. The highest BCUT2D eigenvalue weighted by molar-refractivity contribution is 5.65. The van der Waals surface area contributed by atoms with Crippen LogP contribution in [0.2, 0.25) is 0 Å². The Balaban J connectivity index is 2.88. The van der Waals surface area contributed by atoms with Crippen molar-refractivity contribution in [3.05, 3.63) is 53.6 Å². The minimum absolute atomic E-state index is 0.257. The molecule has 0 heterocycles. The van der Waals surface area contributed by atoms with E-state index in [1.165, 1.54) is 16.7 Å². The van der Waals surface area contributed by atoms with Gasteiger partial charge in [-0.2, -0.15) is 0 Å². The fourth-order valence-corrected chi connectivity index (χ4v) is 1.30. The van der Waals surface area contributed by atoms with Crippen molar-refractivity contribution in [2.75, 3.05) is 0 Å². The first-order valence-corrected chi connectivity index (χ1v) is 5.82. The second-order valence-corrected chi connectivity index (χ2v) is 5.32. The van der Waals surface area contributed by atoms with E-state index < -0.39 is 0 Å². The van der Waals surface area contributed by atoms with Crippen LogP contribution in [0, 0.1) is 5.41 Å². The third-order valence-electron chi connectivity index (χ3n) is 3.00. The van der Waals surface area contributed by atoms with Crippen molar-refractivity contribution in [2.24, 2.45) is 5.41 Å². The molecule has 0 amide bonds. The van der Waals surface area contributed by atoms with E-state index in [0.717, 1.165) is 0 Å². The summed E-state index contributed by atoms with van der Waals surface area (Å²) in [5.74, 6) is 0. The normalized spacial score (nSPS) is 14.1. The first-order chi connectivity index (χ1) is 7.41. The Kier molecular flexibility index (Phi) is 4.12. The number of hydrogen-bond donors (Lipinski definition) is 0. The van der Waals surface area contributed by atoms with E-state index in [4.69, 9.17) is 0 Å². The minimum atomic E-state index is 0.257. The molecule has 1 rings (SSSR count). The summed E-state index contributed by atoms with van der Waals surface area (Å²) >= 11 is 0. The molecule has 0 bridgehead atoms. The third-order valence-corrected chi connectivity index (χ3v) is 3.00. The Morgan fingerprint density at radius 2 is 1.50 bits per heavy atom. The van der Waals surface area contributed by atoms with Crippen LogP contribution in [0.1, 0.15) is 40.2 Å². The maximum absolute atomic E-state index is 2.24. The molecule has 0 saturated heterocycles. The molecule has 1 aromatic rings. The molecule has 0 N–H and O–H groups in total. The second kappa shape index (κ2) is 5.16. The summed E-state index contributed by atoms with van der Waals surface area (Å²) in [5.41, 5.74) is 4.26. The van der Waals surface area contributed by atoms with Gasteiger partial charge in [0, 0.05) is 0 Å². The second-order valence-electron chi connectivity index (χ2n) is 5.32. The lowest BCUT2D eigenvalue weighted by Crippen LogP contribution is -2.05.